The van der Waals surface area contributed by atoms with Gasteiger partial charge in [0.2, 0.25) is 5.96 Å². The highest BCUT2D eigenvalue weighted by Crippen LogP contribution is 2.26. The first-order valence-electron chi connectivity index (χ1n) is 5.51. The van der Waals surface area contributed by atoms with E-state index in [4.69, 9.17) is 17.4 Å². The van der Waals surface area contributed by atoms with E-state index in [1.165, 1.54) is 0 Å². The molecule has 0 saturated carbocycles. The molecule has 2 rings (SSSR count). The van der Waals surface area contributed by atoms with Gasteiger partial charge in [0.05, 0.1) is 10.7 Å². The van der Waals surface area contributed by atoms with E-state index in [1.807, 2.05) is 48.5 Å². The van der Waals surface area contributed by atoms with Gasteiger partial charge in [-0.15, -0.1) is 0 Å². The molecular weight excluding hydrogens is 375 g/mol. The Morgan fingerprint density at radius 1 is 1.16 bits per heavy atom. The minimum absolute atomic E-state index is 0.425. The van der Waals surface area contributed by atoms with Crippen molar-refractivity contribution < 1.29 is 0 Å². The largest absolute Gasteiger partial charge is 0.325 e. The molecule has 0 unspecified atom stereocenters. The predicted molar refractivity (Wildman–Crippen MR) is 88.7 cm³/mol. The Balaban J connectivity index is 2.23. The van der Waals surface area contributed by atoms with Crippen LogP contribution in [0, 0.1) is 3.57 Å². The average molecular weight is 387 g/mol. The number of rotatable bonds is 2. The van der Waals surface area contributed by atoms with Crippen LogP contribution in [0.5, 0.6) is 0 Å². The van der Waals surface area contributed by atoms with Gasteiger partial charge in [0.25, 0.3) is 0 Å². The molecular formula is C13H12ClIN4. The standard InChI is InChI=1S/C13H12ClIN4/c14-11-8-9(15)6-7-12(11)18-13(19-16)17-10-4-2-1-3-5-10/h1-8H,16H2,(H2,17,18,19). The number of aliphatic imine (C=N–C) groups is 1. The van der Waals surface area contributed by atoms with Crippen molar-refractivity contribution in [3.63, 3.8) is 0 Å². The first-order chi connectivity index (χ1) is 9.19. The third-order valence-electron chi connectivity index (χ3n) is 2.32. The number of halogens is 2. The van der Waals surface area contributed by atoms with Crippen molar-refractivity contribution in [2.24, 2.45) is 10.8 Å². The molecule has 0 aliphatic heterocycles. The van der Waals surface area contributed by atoms with Crippen LogP contribution in [0.15, 0.2) is 53.5 Å². The number of hydrazine groups is 1. The highest BCUT2D eigenvalue weighted by atomic mass is 127. The van der Waals surface area contributed by atoms with Gasteiger partial charge < -0.3 is 5.32 Å². The number of nitrogens with one attached hydrogen (secondary N) is 2. The zero-order chi connectivity index (χ0) is 13.7. The molecule has 0 aliphatic carbocycles. The van der Waals surface area contributed by atoms with E-state index in [1.54, 1.807) is 0 Å². The van der Waals surface area contributed by atoms with Gasteiger partial charge >= 0.3 is 0 Å². The molecule has 0 fully saturated rings. The molecule has 0 radical (unpaired) electrons. The summed E-state index contributed by atoms with van der Waals surface area (Å²) in [5.41, 5.74) is 4.06. The molecule has 0 heterocycles. The second kappa shape index (κ2) is 6.74. The fourth-order valence-corrected chi connectivity index (χ4v) is 2.34. The third kappa shape index (κ3) is 4.09. The molecule has 98 valence electrons. The van der Waals surface area contributed by atoms with Crippen molar-refractivity contribution in [3.8, 4) is 0 Å². The topological polar surface area (TPSA) is 62.4 Å². The van der Waals surface area contributed by atoms with E-state index in [0.717, 1.165) is 9.26 Å². The Morgan fingerprint density at radius 3 is 2.53 bits per heavy atom. The lowest BCUT2D eigenvalue weighted by Gasteiger charge is -2.09. The number of hydrogen-bond donors (Lipinski definition) is 3. The molecule has 4 N–H and O–H groups in total. The maximum atomic E-state index is 6.13. The summed E-state index contributed by atoms with van der Waals surface area (Å²) >= 11 is 8.32. The molecule has 6 heteroatoms. The Labute approximate surface area is 130 Å². The van der Waals surface area contributed by atoms with Gasteiger partial charge in [-0.1, -0.05) is 29.8 Å². The van der Waals surface area contributed by atoms with Gasteiger partial charge in [-0.3, -0.25) is 5.43 Å². The zero-order valence-corrected chi connectivity index (χ0v) is 12.8. The molecule has 0 amide bonds. The molecule has 0 aromatic heterocycles. The number of guanidine groups is 1. The van der Waals surface area contributed by atoms with E-state index in [0.29, 0.717) is 16.7 Å². The third-order valence-corrected chi connectivity index (χ3v) is 3.29. The number of para-hydroxylation sites is 1. The highest BCUT2D eigenvalue weighted by Gasteiger charge is 2.02. The van der Waals surface area contributed by atoms with Crippen LogP contribution in [-0.2, 0) is 0 Å². The van der Waals surface area contributed by atoms with Crippen LogP contribution in [0.3, 0.4) is 0 Å². The molecule has 0 aliphatic rings. The molecule has 0 spiro atoms. The van der Waals surface area contributed by atoms with Crippen LogP contribution in [0.4, 0.5) is 11.4 Å². The number of nitrogens with two attached hydrogens (primary N) is 1. The summed E-state index contributed by atoms with van der Waals surface area (Å²) in [5, 5.41) is 3.65. The fraction of sp³-hybridized carbons (Fsp3) is 0. The summed E-state index contributed by atoms with van der Waals surface area (Å²) in [6.45, 7) is 0. The van der Waals surface area contributed by atoms with E-state index in [2.05, 4.69) is 38.3 Å². The van der Waals surface area contributed by atoms with Gasteiger partial charge in [0.15, 0.2) is 0 Å². The lowest BCUT2D eigenvalue weighted by molar-refractivity contribution is 1.02. The van der Waals surface area contributed by atoms with Gasteiger partial charge in [-0.25, -0.2) is 10.8 Å². The van der Waals surface area contributed by atoms with Crippen LogP contribution in [-0.4, -0.2) is 5.96 Å². The van der Waals surface area contributed by atoms with Gasteiger partial charge in [-0.2, -0.15) is 0 Å². The van der Waals surface area contributed by atoms with Gasteiger partial charge in [-0.05, 0) is 52.9 Å². The summed E-state index contributed by atoms with van der Waals surface area (Å²) in [6, 6.07) is 15.2. The lowest BCUT2D eigenvalue weighted by Crippen LogP contribution is -2.35. The lowest BCUT2D eigenvalue weighted by atomic mass is 10.3. The minimum Gasteiger partial charge on any atom is -0.325 e. The smallest absolute Gasteiger partial charge is 0.215 e. The van der Waals surface area contributed by atoms with Crippen molar-refractivity contribution in [2.75, 3.05) is 5.32 Å². The Morgan fingerprint density at radius 2 is 1.89 bits per heavy atom. The average Bonchev–Trinajstić information content (AvgIpc) is 2.42. The number of nitrogens with zero attached hydrogens (tertiary/aromatic N) is 1. The predicted octanol–water partition coefficient (Wildman–Crippen LogP) is 3.51. The maximum absolute atomic E-state index is 6.13. The van der Waals surface area contributed by atoms with Crippen molar-refractivity contribution >= 4 is 51.5 Å². The molecule has 2 aromatic carbocycles. The first kappa shape index (κ1) is 14.1. The van der Waals surface area contributed by atoms with Crippen LogP contribution >= 0.6 is 34.2 Å². The van der Waals surface area contributed by atoms with E-state index in [9.17, 15) is 0 Å². The summed E-state index contributed by atoms with van der Waals surface area (Å²) in [6.07, 6.45) is 0. The quantitative estimate of drug-likeness (QED) is 0.243. The zero-order valence-electron chi connectivity index (χ0n) is 9.90. The van der Waals surface area contributed by atoms with Crippen molar-refractivity contribution in [1.29, 1.82) is 0 Å². The highest BCUT2D eigenvalue weighted by molar-refractivity contribution is 14.1. The molecule has 0 atom stereocenters. The van der Waals surface area contributed by atoms with Gasteiger partial charge in [0, 0.05) is 9.26 Å². The Kier molecular flexibility index (Phi) is 5.00. The summed E-state index contributed by atoms with van der Waals surface area (Å²) in [7, 11) is 0. The maximum Gasteiger partial charge on any atom is 0.215 e. The van der Waals surface area contributed by atoms with E-state index in [-0.39, 0.29) is 0 Å². The molecule has 0 bridgehead atoms. The summed E-state index contributed by atoms with van der Waals surface area (Å²) < 4.78 is 1.06. The molecule has 2 aromatic rings. The van der Waals surface area contributed by atoms with Crippen LogP contribution in [0.2, 0.25) is 5.02 Å². The van der Waals surface area contributed by atoms with Crippen LogP contribution in [0.25, 0.3) is 0 Å². The van der Waals surface area contributed by atoms with Crippen LogP contribution < -0.4 is 16.6 Å². The minimum atomic E-state index is 0.425. The molecule has 19 heavy (non-hydrogen) atoms. The van der Waals surface area contributed by atoms with Crippen molar-refractivity contribution in [2.45, 2.75) is 0 Å². The second-order valence-corrected chi connectivity index (χ2v) is 5.34. The first-order valence-corrected chi connectivity index (χ1v) is 6.97. The van der Waals surface area contributed by atoms with Crippen molar-refractivity contribution in [1.82, 2.24) is 5.43 Å². The fourth-order valence-electron chi connectivity index (χ4n) is 1.45. The number of hydrogen-bond acceptors (Lipinski definition) is 2. The second-order valence-electron chi connectivity index (χ2n) is 3.69. The van der Waals surface area contributed by atoms with Crippen LogP contribution in [0.1, 0.15) is 0 Å². The summed E-state index contributed by atoms with van der Waals surface area (Å²) in [5.74, 6) is 5.89. The number of benzene rings is 2. The monoisotopic (exact) mass is 386 g/mol. The van der Waals surface area contributed by atoms with Gasteiger partial charge in [0.1, 0.15) is 0 Å². The SMILES string of the molecule is NNC(=Nc1ccc(I)cc1Cl)Nc1ccccc1. The summed E-state index contributed by atoms with van der Waals surface area (Å²) in [4.78, 5) is 4.35. The van der Waals surface area contributed by atoms with E-state index >= 15 is 0 Å². The normalized spacial score (nSPS) is 11.2. The Hall–Kier alpha value is -1.31. The molecule has 4 nitrogen and oxygen atoms in total. The Bertz CT molecular complexity index is 586. The number of anilines is 1. The van der Waals surface area contributed by atoms with Crippen molar-refractivity contribution in [3.05, 3.63) is 57.1 Å². The van der Waals surface area contributed by atoms with E-state index < -0.39 is 0 Å². The molecule has 0 saturated heterocycles.